The van der Waals surface area contributed by atoms with E-state index in [0.29, 0.717) is 18.8 Å². The number of nitrogens with one attached hydrogen (secondary N) is 1. The van der Waals surface area contributed by atoms with Gasteiger partial charge in [0, 0.05) is 0 Å². The molecule has 0 fully saturated rings. The maximum Gasteiger partial charge on any atom is 0.322 e. The average molecular weight is 259 g/mol. The molecule has 0 aromatic heterocycles. The summed E-state index contributed by atoms with van der Waals surface area (Å²) in [7, 11) is 2.70. The Morgan fingerprint density at radius 3 is 1.94 bits per heavy atom. The summed E-state index contributed by atoms with van der Waals surface area (Å²) in [5.74, 6) is -0.343. The summed E-state index contributed by atoms with van der Waals surface area (Å²) in [6, 6.07) is -0.923. The highest BCUT2D eigenvalue weighted by Gasteiger charge is 2.27. The van der Waals surface area contributed by atoms with Gasteiger partial charge in [0.2, 0.25) is 0 Å². The molecule has 0 saturated carbocycles. The van der Waals surface area contributed by atoms with Gasteiger partial charge in [-0.1, -0.05) is 27.2 Å². The van der Waals surface area contributed by atoms with Gasteiger partial charge in [0.25, 0.3) is 0 Å². The van der Waals surface area contributed by atoms with Crippen LogP contribution in [0.5, 0.6) is 0 Å². The zero-order chi connectivity index (χ0) is 14.1. The second-order valence-electron chi connectivity index (χ2n) is 4.74. The minimum absolute atomic E-state index is 0.335. The lowest BCUT2D eigenvalue weighted by atomic mass is 10.0. The topological polar surface area (TPSA) is 64.6 Å². The van der Waals surface area contributed by atoms with Gasteiger partial charge in [0.05, 0.1) is 14.2 Å². The lowest BCUT2D eigenvalue weighted by Crippen LogP contribution is -2.48. The summed E-state index contributed by atoms with van der Waals surface area (Å²) in [6.07, 6.45) is 2.10. The maximum absolute atomic E-state index is 11.7. The summed E-state index contributed by atoms with van der Waals surface area (Å²) in [5, 5.41) is 3.04. The number of carbonyl (C=O) groups is 2. The number of carbonyl (C=O) groups excluding carboxylic acids is 2. The van der Waals surface area contributed by atoms with E-state index in [2.05, 4.69) is 5.32 Å². The van der Waals surface area contributed by atoms with Crippen LogP contribution in [0.1, 0.15) is 40.0 Å². The highest BCUT2D eigenvalue weighted by molar-refractivity contribution is 5.79. The van der Waals surface area contributed by atoms with Crippen molar-refractivity contribution in [2.24, 2.45) is 5.92 Å². The fraction of sp³-hybridized carbons (Fsp3) is 0.846. The number of hydrogen-bond donors (Lipinski definition) is 1. The van der Waals surface area contributed by atoms with Gasteiger partial charge in [-0.05, 0) is 18.8 Å². The Morgan fingerprint density at radius 2 is 1.56 bits per heavy atom. The summed E-state index contributed by atoms with van der Waals surface area (Å²) in [6.45, 7) is 6.02. The van der Waals surface area contributed by atoms with Gasteiger partial charge in [0.1, 0.15) is 12.1 Å². The van der Waals surface area contributed by atoms with Gasteiger partial charge in [-0.15, -0.1) is 0 Å². The second kappa shape index (κ2) is 8.91. The van der Waals surface area contributed by atoms with E-state index in [1.807, 2.05) is 20.8 Å². The molecule has 5 nitrogen and oxygen atoms in total. The van der Waals surface area contributed by atoms with Gasteiger partial charge in [-0.3, -0.25) is 14.9 Å². The zero-order valence-electron chi connectivity index (χ0n) is 12.0. The summed E-state index contributed by atoms with van der Waals surface area (Å²) >= 11 is 0. The lowest BCUT2D eigenvalue weighted by molar-refractivity contribution is -0.146. The van der Waals surface area contributed by atoms with E-state index >= 15 is 0 Å². The normalized spacial score (nSPS) is 14.1. The molecular formula is C13H25NO4. The Balaban J connectivity index is 4.68. The highest BCUT2D eigenvalue weighted by Crippen LogP contribution is 2.09. The first-order chi connectivity index (χ1) is 8.46. The molecule has 0 aliphatic carbocycles. The maximum atomic E-state index is 11.7. The van der Waals surface area contributed by atoms with Gasteiger partial charge in [-0.25, -0.2) is 0 Å². The standard InChI is InChI=1S/C13H25NO4/c1-6-7-10(12(15)17-4)14-11(8-9(2)3)13(16)18-5/h9-11,14H,6-8H2,1-5H3. The van der Waals surface area contributed by atoms with Gasteiger partial charge >= 0.3 is 11.9 Å². The van der Waals surface area contributed by atoms with Crippen LogP contribution in [-0.2, 0) is 19.1 Å². The molecule has 0 aromatic carbocycles. The molecule has 2 unspecified atom stereocenters. The third-order valence-electron chi connectivity index (χ3n) is 2.66. The number of esters is 2. The molecule has 0 aliphatic rings. The molecule has 0 heterocycles. The fourth-order valence-corrected chi connectivity index (χ4v) is 1.79. The highest BCUT2D eigenvalue weighted by atomic mass is 16.5. The van der Waals surface area contributed by atoms with Gasteiger partial charge < -0.3 is 9.47 Å². The molecule has 1 N–H and O–H groups in total. The number of ether oxygens (including phenoxy) is 2. The lowest BCUT2D eigenvalue weighted by Gasteiger charge is -2.23. The molecule has 0 aromatic rings. The zero-order valence-corrected chi connectivity index (χ0v) is 12.0. The number of rotatable bonds is 8. The predicted octanol–water partition coefficient (Wildman–Crippen LogP) is 1.51. The van der Waals surface area contributed by atoms with Crippen LogP contribution in [0.4, 0.5) is 0 Å². The van der Waals surface area contributed by atoms with Crippen LogP contribution < -0.4 is 5.32 Å². The van der Waals surface area contributed by atoms with Crippen molar-refractivity contribution in [2.45, 2.75) is 52.1 Å². The molecule has 0 spiro atoms. The van der Waals surface area contributed by atoms with E-state index in [9.17, 15) is 9.59 Å². The van der Waals surface area contributed by atoms with Crippen LogP contribution in [0.3, 0.4) is 0 Å². The SMILES string of the molecule is CCCC(NC(CC(C)C)C(=O)OC)C(=O)OC. The van der Waals surface area contributed by atoms with Crippen molar-refractivity contribution < 1.29 is 19.1 Å². The minimum atomic E-state index is -0.467. The molecule has 0 radical (unpaired) electrons. The van der Waals surface area contributed by atoms with E-state index in [1.54, 1.807) is 0 Å². The van der Waals surface area contributed by atoms with Crippen LogP contribution in [0.25, 0.3) is 0 Å². The molecule has 0 bridgehead atoms. The van der Waals surface area contributed by atoms with Gasteiger partial charge in [0.15, 0.2) is 0 Å². The quantitative estimate of drug-likeness (QED) is 0.669. The Kier molecular flexibility index (Phi) is 8.37. The molecule has 18 heavy (non-hydrogen) atoms. The monoisotopic (exact) mass is 259 g/mol. The van der Waals surface area contributed by atoms with Crippen molar-refractivity contribution >= 4 is 11.9 Å². The predicted molar refractivity (Wildman–Crippen MR) is 69.1 cm³/mol. The van der Waals surface area contributed by atoms with Crippen LogP contribution in [-0.4, -0.2) is 38.2 Å². The van der Waals surface area contributed by atoms with Crippen LogP contribution in [0.15, 0.2) is 0 Å². The smallest absolute Gasteiger partial charge is 0.322 e. The molecule has 5 heteroatoms. The van der Waals surface area contributed by atoms with Crippen molar-refractivity contribution in [3.05, 3.63) is 0 Å². The van der Waals surface area contributed by atoms with Crippen molar-refractivity contribution in [3.8, 4) is 0 Å². The molecule has 0 saturated heterocycles. The van der Waals surface area contributed by atoms with Crippen LogP contribution >= 0.6 is 0 Å². The van der Waals surface area contributed by atoms with E-state index in [-0.39, 0.29) is 11.9 Å². The van der Waals surface area contributed by atoms with Crippen LogP contribution in [0.2, 0.25) is 0 Å². The van der Waals surface area contributed by atoms with Crippen molar-refractivity contribution in [2.75, 3.05) is 14.2 Å². The second-order valence-corrected chi connectivity index (χ2v) is 4.74. The Labute approximate surface area is 109 Å². The largest absolute Gasteiger partial charge is 0.468 e. The van der Waals surface area contributed by atoms with Gasteiger partial charge in [-0.2, -0.15) is 0 Å². The van der Waals surface area contributed by atoms with Crippen molar-refractivity contribution in [1.29, 1.82) is 0 Å². The Morgan fingerprint density at radius 1 is 1.06 bits per heavy atom. The van der Waals surface area contributed by atoms with Crippen LogP contribution in [0, 0.1) is 5.92 Å². The number of hydrogen-bond acceptors (Lipinski definition) is 5. The first kappa shape index (κ1) is 16.9. The summed E-state index contributed by atoms with van der Waals surface area (Å²) in [4.78, 5) is 23.3. The van der Waals surface area contributed by atoms with E-state index in [4.69, 9.17) is 9.47 Å². The molecule has 0 amide bonds. The van der Waals surface area contributed by atoms with Crippen molar-refractivity contribution in [3.63, 3.8) is 0 Å². The average Bonchev–Trinajstić information content (AvgIpc) is 2.34. The molecule has 0 aliphatic heterocycles. The van der Waals surface area contributed by atoms with E-state index in [0.717, 1.165) is 6.42 Å². The first-order valence-electron chi connectivity index (χ1n) is 6.37. The van der Waals surface area contributed by atoms with Crippen molar-refractivity contribution in [1.82, 2.24) is 5.32 Å². The molecular weight excluding hydrogens is 234 g/mol. The first-order valence-corrected chi connectivity index (χ1v) is 6.37. The molecule has 106 valence electrons. The summed E-state index contributed by atoms with van der Waals surface area (Å²) in [5.41, 5.74) is 0. The third kappa shape index (κ3) is 6.00. The molecule has 0 rings (SSSR count). The minimum Gasteiger partial charge on any atom is -0.468 e. The third-order valence-corrected chi connectivity index (χ3v) is 2.66. The summed E-state index contributed by atoms with van der Waals surface area (Å²) < 4.78 is 9.48. The van der Waals surface area contributed by atoms with E-state index in [1.165, 1.54) is 14.2 Å². The Bertz CT molecular complexity index is 266. The number of methoxy groups -OCH3 is 2. The molecule has 2 atom stereocenters. The fourth-order valence-electron chi connectivity index (χ4n) is 1.79. The Hall–Kier alpha value is -1.10. The van der Waals surface area contributed by atoms with E-state index < -0.39 is 12.1 Å².